The van der Waals surface area contributed by atoms with Crippen molar-refractivity contribution in [2.45, 2.75) is 25.8 Å². The quantitative estimate of drug-likeness (QED) is 0.919. The second-order valence-electron chi connectivity index (χ2n) is 4.48. The zero-order chi connectivity index (χ0) is 12.3. The molecule has 1 aromatic rings. The number of nitrogens with zero attached hydrogens (tertiary/aromatic N) is 1. The Labute approximate surface area is 110 Å². The topological polar surface area (TPSA) is 15.3 Å². The van der Waals surface area contributed by atoms with Crippen molar-refractivity contribution in [1.29, 1.82) is 0 Å². The number of rotatable bonds is 3. The maximum Gasteiger partial charge on any atom is 0.137 e. The molecular weight excluding hydrogens is 283 g/mol. The standard InChI is InChI=1S/C13H18BrFN2/c1-2-17-7-5-10(6-8-17)16-11-3-4-13(15)12(14)9-11/h3-4,9-10,16H,2,5-8H2,1H3. The van der Waals surface area contributed by atoms with E-state index in [0.717, 1.165) is 38.2 Å². The van der Waals surface area contributed by atoms with Gasteiger partial charge in [0.2, 0.25) is 0 Å². The number of likely N-dealkylation sites (tertiary alicyclic amines) is 1. The van der Waals surface area contributed by atoms with Crippen LogP contribution in [-0.2, 0) is 0 Å². The Morgan fingerprint density at radius 1 is 1.41 bits per heavy atom. The summed E-state index contributed by atoms with van der Waals surface area (Å²) < 4.78 is 13.6. The van der Waals surface area contributed by atoms with Crippen LogP contribution in [0.25, 0.3) is 0 Å². The van der Waals surface area contributed by atoms with Gasteiger partial charge in [0.25, 0.3) is 0 Å². The van der Waals surface area contributed by atoms with Gasteiger partial charge in [0.1, 0.15) is 5.82 Å². The first-order chi connectivity index (χ1) is 8.19. The van der Waals surface area contributed by atoms with Gasteiger partial charge in [0.15, 0.2) is 0 Å². The molecule has 1 fully saturated rings. The number of benzene rings is 1. The van der Waals surface area contributed by atoms with Gasteiger partial charge in [-0.3, -0.25) is 0 Å². The maximum absolute atomic E-state index is 13.1. The summed E-state index contributed by atoms with van der Waals surface area (Å²) in [6.45, 7) is 5.63. The van der Waals surface area contributed by atoms with Gasteiger partial charge in [-0.2, -0.15) is 0 Å². The monoisotopic (exact) mass is 300 g/mol. The summed E-state index contributed by atoms with van der Waals surface area (Å²) in [5, 5.41) is 3.47. The van der Waals surface area contributed by atoms with E-state index in [4.69, 9.17) is 0 Å². The predicted molar refractivity (Wildman–Crippen MR) is 72.9 cm³/mol. The van der Waals surface area contributed by atoms with Crippen molar-refractivity contribution in [3.05, 3.63) is 28.5 Å². The molecule has 1 saturated heterocycles. The third kappa shape index (κ3) is 3.42. The molecule has 0 unspecified atom stereocenters. The van der Waals surface area contributed by atoms with Crippen molar-refractivity contribution in [3.8, 4) is 0 Å². The molecular formula is C13H18BrFN2. The molecule has 2 nitrogen and oxygen atoms in total. The Morgan fingerprint density at radius 2 is 2.12 bits per heavy atom. The molecule has 0 radical (unpaired) electrons. The van der Waals surface area contributed by atoms with Crippen LogP contribution in [0.3, 0.4) is 0 Å². The SMILES string of the molecule is CCN1CCC(Nc2ccc(F)c(Br)c2)CC1. The maximum atomic E-state index is 13.1. The first-order valence-corrected chi connectivity index (χ1v) is 6.92. The normalized spacial score (nSPS) is 18.3. The fourth-order valence-corrected chi connectivity index (χ4v) is 2.59. The van der Waals surface area contributed by atoms with Gasteiger partial charge in [-0.25, -0.2) is 4.39 Å². The summed E-state index contributed by atoms with van der Waals surface area (Å²) in [7, 11) is 0. The average molecular weight is 301 g/mol. The summed E-state index contributed by atoms with van der Waals surface area (Å²) in [6, 6.07) is 5.61. The molecule has 0 aromatic heterocycles. The Morgan fingerprint density at radius 3 is 2.71 bits per heavy atom. The zero-order valence-electron chi connectivity index (χ0n) is 10.0. The highest BCUT2D eigenvalue weighted by Crippen LogP contribution is 2.22. The minimum absolute atomic E-state index is 0.212. The first kappa shape index (κ1) is 12.8. The number of nitrogens with one attached hydrogen (secondary N) is 1. The fraction of sp³-hybridized carbons (Fsp3) is 0.538. The van der Waals surface area contributed by atoms with E-state index >= 15 is 0 Å². The largest absolute Gasteiger partial charge is 0.382 e. The highest BCUT2D eigenvalue weighted by Gasteiger charge is 2.17. The number of piperidine rings is 1. The van der Waals surface area contributed by atoms with Crippen molar-refractivity contribution in [1.82, 2.24) is 4.90 Å². The molecule has 17 heavy (non-hydrogen) atoms. The summed E-state index contributed by atoms with van der Waals surface area (Å²) in [5.41, 5.74) is 0.994. The van der Waals surface area contributed by atoms with Crippen LogP contribution in [0.5, 0.6) is 0 Å². The van der Waals surface area contributed by atoms with E-state index in [1.807, 2.05) is 6.07 Å². The highest BCUT2D eigenvalue weighted by molar-refractivity contribution is 9.10. The van der Waals surface area contributed by atoms with Crippen LogP contribution in [0.4, 0.5) is 10.1 Å². The van der Waals surface area contributed by atoms with Gasteiger partial charge in [0, 0.05) is 24.8 Å². The molecule has 0 aliphatic carbocycles. The van der Waals surface area contributed by atoms with Gasteiger partial charge in [-0.15, -0.1) is 0 Å². The molecule has 1 aliphatic heterocycles. The lowest BCUT2D eigenvalue weighted by Gasteiger charge is -2.32. The van der Waals surface area contributed by atoms with E-state index in [9.17, 15) is 4.39 Å². The van der Waals surface area contributed by atoms with Crippen molar-refractivity contribution >= 4 is 21.6 Å². The Balaban J connectivity index is 1.91. The van der Waals surface area contributed by atoms with Crippen LogP contribution in [-0.4, -0.2) is 30.6 Å². The molecule has 0 spiro atoms. The molecule has 0 amide bonds. The third-order valence-electron chi connectivity index (χ3n) is 3.33. The Bertz CT molecular complexity index is 376. The summed E-state index contributed by atoms with van der Waals surface area (Å²) in [6.07, 6.45) is 2.31. The minimum Gasteiger partial charge on any atom is -0.382 e. The summed E-state index contributed by atoms with van der Waals surface area (Å²) >= 11 is 3.21. The van der Waals surface area contributed by atoms with Crippen LogP contribution in [0, 0.1) is 5.82 Å². The van der Waals surface area contributed by atoms with E-state index in [1.54, 1.807) is 6.07 Å². The zero-order valence-corrected chi connectivity index (χ0v) is 11.6. The molecule has 4 heteroatoms. The predicted octanol–water partition coefficient (Wildman–Crippen LogP) is 3.48. The number of anilines is 1. The summed E-state index contributed by atoms with van der Waals surface area (Å²) in [5.74, 6) is -0.212. The van der Waals surface area contributed by atoms with Crippen molar-refractivity contribution in [2.75, 3.05) is 25.0 Å². The molecule has 0 saturated carbocycles. The lowest BCUT2D eigenvalue weighted by molar-refractivity contribution is 0.229. The van der Waals surface area contributed by atoms with Crippen molar-refractivity contribution in [2.24, 2.45) is 0 Å². The van der Waals surface area contributed by atoms with Gasteiger partial charge in [0.05, 0.1) is 4.47 Å². The van der Waals surface area contributed by atoms with E-state index in [0.29, 0.717) is 10.5 Å². The second-order valence-corrected chi connectivity index (χ2v) is 5.34. The number of hydrogen-bond acceptors (Lipinski definition) is 2. The summed E-state index contributed by atoms with van der Waals surface area (Å²) in [4.78, 5) is 2.46. The molecule has 94 valence electrons. The van der Waals surface area contributed by atoms with Gasteiger partial charge in [-0.05, 0) is 53.5 Å². The van der Waals surface area contributed by atoms with Crippen LogP contribution < -0.4 is 5.32 Å². The average Bonchev–Trinajstić information content (AvgIpc) is 2.35. The first-order valence-electron chi connectivity index (χ1n) is 6.13. The lowest BCUT2D eigenvalue weighted by Crippen LogP contribution is -2.38. The Hall–Kier alpha value is -0.610. The van der Waals surface area contributed by atoms with Crippen LogP contribution >= 0.6 is 15.9 Å². The minimum atomic E-state index is -0.212. The Kier molecular flexibility index (Phi) is 4.40. The van der Waals surface area contributed by atoms with Crippen LogP contribution in [0.2, 0.25) is 0 Å². The third-order valence-corrected chi connectivity index (χ3v) is 3.93. The number of hydrogen-bond donors (Lipinski definition) is 1. The molecule has 0 atom stereocenters. The molecule has 1 aromatic carbocycles. The lowest BCUT2D eigenvalue weighted by atomic mass is 10.0. The van der Waals surface area contributed by atoms with E-state index < -0.39 is 0 Å². The van der Waals surface area contributed by atoms with E-state index in [-0.39, 0.29) is 5.82 Å². The molecule has 1 N–H and O–H groups in total. The van der Waals surface area contributed by atoms with E-state index in [1.165, 1.54) is 6.07 Å². The second kappa shape index (κ2) is 5.83. The van der Waals surface area contributed by atoms with Gasteiger partial charge >= 0.3 is 0 Å². The highest BCUT2D eigenvalue weighted by atomic mass is 79.9. The van der Waals surface area contributed by atoms with Crippen LogP contribution in [0.15, 0.2) is 22.7 Å². The van der Waals surface area contributed by atoms with Crippen LogP contribution in [0.1, 0.15) is 19.8 Å². The molecule has 1 heterocycles. The van der Waals surface area contributed by atoms with Gasteiger partial charge in [-0.1, -0.05) is 6.92 Å². The van der Waals surface area contributed by atoms with Crippen molar-refractivity contribution in [3.63, 3.8) is 0 Å². The van der Waals surface area contributed by atoms with Gasteiger partial charge < -0.3 is 10.2 Å². The molecule has 0 bridgehead atoms. The number of halogens is 2. The fourth-order valence-electron chi connectivity index (χ4n) is 2.22. The van der Waals surface area contributed by atoms with E-state index in [2.05, 4.69) is 33.1 Å². The smallest absolute Gasteiger partial charge is 0.137 e. The molecule has 2 rings (SSSR count). The molecule has 1 aliphatic rings. The van der Waals surface area contributed by atoms with Crippen molar-refractivity contribution < 1.29 is 4.39 Å².